The topological polar surface area (TPSA) is 72.2 Å². The Morgan fingerprint density at radius 3 is 2.57 bits per heavy atom. The molecule has 0 aliphatic heterocycles. The fourth-order valence-electron chi connectivity index (χ4n) is 1.64. The van der Waals surface area contributed by atoms with E-state index in [1.807, 2.05) is 6.92 Å². The molecule has 3 N–H and O–H groups in total. The SMILES string of the molecule is CCCS(=O)CCC(=O)Nc1ccc(N)c(C(F)(F)F)c1. The lowest BCUT2D eigenvalue weighted by atomic mass is 10.1. The van der Waals surface area contributed by atoms with Crippen LogP contribution in [0.2, 0.25) is 0 Å². The minimum Gasteiger partial charge on any atom is -0.398 e. The summed E-state index contributed by atoms with van der Waals surface area (Å²) in [5.41, 5.74) is 3.89. The molecule has 118 valence electrons. The van der Waals surface area contributed by atoms with Crippen LogP contribution in [0.1, 0.15) is 25.3 Å². The molecule has 0 aliphatic carbocycles. The standard InChI is InChI=1S/C13H17F3N2O2S/c1-2-6-21(20)7-5-12(19)18-9-3-4-11(17)10(8-9)13(14,15)16/h3-4,8H,2,5-7,17H2,1H3,(H,18,19). The Morgan fingerprint density at radius 2 is 2.00 bits per heavy atom. The van der Waals surface area contributed by atoms with E-state index in [9.17, 15) is 22.2 Å². The van der Waals surface area contributed by atoms with Gasteiger partial charge in [-0.3, -0.25) is 9.00 Å². The van der Waals surface area contributed by atoms with Crippen molar-refractivity contribution in [1.29, 1.82) is 0 Å². The number of alkyl halides is 3. The fourth-order valence-corrected chi connectivity index (χ4v) is 2.71. The molecule has 1 atom stereocenters. The van der Waals surface area contributed by atoms with Crippen LogP contribution in [0.4, 0.5) is 24.5 Å². The molecule has 0 spiro atoms. The van der Waals surface area contributed by atoms with Gasteiger partial charge in [0.15, 0.2) is 0 Å². The van der Waals surface area contributed by atoms with Gasteiger partial charge in [-0.1, -0.05) is 6.92 Å². The first-order valence-electron chi connectivity index (χ1n) is 6.35. The molecule has 21 heavy (non-hydrogen) atoms. The van der Waals surface area contributed by atoms with E-state index in [0.717, 1.165) is 18.6 Å². The molecule has 8 heteroatoms. The van der Waals surface area contributed by atoms with Gasteiger partial charge in [-0.15, -0.1) is 0 Å². The van der Waals surface area contributed by atoms with Gasteiger partial charge in [0.25, 0.3) is 0 Å². The third-order valence-electron chi connectivity index (χ3n) is 2.63. The lowest BCUT2D eigenvalue weighted by molar-refractivity contribution is -0.136. The van der Waals surface area contributed by atoms with Crippen molar-refractivity contribution < 1.29 is 22.2 Å². The average Bonchev–Trinajstić information content (AvgIpc) is 2.38. The zero-order valence-corrected chi connectivity index (χ0v) is 12.3. The molecule has 1 aromatic rings. The molecule has 1 rings (SSSR count). The molecule has 0 aliphatic rings. The summed E-state index contributed by atoms with van der Waals surface area (Å²) >= 11 is 0. The second-order valence-corrected chi connectivity index (χ2v) is 6.14. The van der Waals surface area contributed by atoms with Crippen molar-refractivity contribution in [2.45, 2.75) is 25.9 Å². The van der Waals surface area contributed by atoms with E-state index in [0.29, 0.717) is 5.75 Å². The number of nitrogen functional groups attached to an aromatic ring is 1. The number of amides is 1. The number of nitrogens with one attached hydrogen (secondary N) is 1. The van der Waals surface area contributed by atoms with Crippen LogP contribution in [0.5, 0.6) is 0 Å². The minimum absolute atomic E-state index is 0.00165. The molecule has 1 unspecified atom stereocenters. The van der Waals surface area contributed by atoms with E-state index in [-0.39, 0.29) is 17.9 Å². The number of hydrogen-bond acceptors (Lipinski definition) is 3. The predicted octanol–water partition coefficient (Wildman–Crippen LogP) is 2.77. The monoisotopic (exact) mass is 322 g/mol. The van der Waals surface area contributed by atoms with Gasteiger partial charge >= 0.3 is 6.18 Å². The van der Waals surface area contributed by atoms with Gasteiger partial charge in [-0.05, 0) is 24.6 Å². The van der Waals surface area contributed by atoms with Gasteiger partial charge in [0.05, 0.1) is 5.56 Å². The number of anilines is 2. The van der Waals surface area contributed by atoms with Crippen molar-refractivity contribution in [3.63, 3.8) is 0 Å². The van der Waals surface area contributed by atoms with Crippen LogP contribution in [0.3, 0.4) is 0 Å². The van der Waals surface area contributed by atoms with Crippen LogP contribution in [0.25, 0.3) is 0 Å². The average molecular weight is 322 g/mol. The van der Waals surface area contributed by atoms with Gasteiger partial charge in [0.1, 0.15) is 0 Å². The van der Waals surface area contributed by atoms with Crippen molar-refractivity contribution >= 4 is 28.1 Å². The van der Waals surface area contributed by atoms with Gasteiger partial charge in [-0.2, -0.15) is 13.2 Å². The van der Waals surface area contributed by atoms with Crippen LogP contribution in [0.15, 0.2) is 18.2 Å². The lowest BCUT2D eigenvalue weighted by Gasteiger charge is -2.12. The summed E-state index contributed by atoms with van der Waals surface area (Å²) in [5, 5.41) is 2.35. The Balaban J connectivity index is 2.67. The zero-order chi connectivity index (χ0) is 16.0. The Labute approximate surface area is 123 Å². The summed E-state index contributed by atoms with van der Waals surface area (Å²) < 4.78 is 49.4. The highest BCUT2D eigenvalue weighted by atomic mass is 32.2. The Morgan fingerprint density at radius 1 is 1.33 bits per heavy atom. The Kier molecular flexibility index (Phi) is 6.19. The van der Waals surface area contributed by atoms with E-state index in [1.54, 1.807) is 0 Å². The van der Waals surface area contributed by atoms with E-state index >= 15 is 0 Å². The molecule has 0 saturated carbocycles. The number of halogens is 3. The molecule has 1 amide bonds. The van der Waals surface area contributed by atoms with Crippen molar-refractivity contribution in [3.8, 4) is 0 Å². The summed E-state index contributed by atoms with van der Waals surface area (Å²) in [7, 11) is -1.08. The van der Waals surface area contributed by atoms with Crippen molar-refractivity contribution in [2.75, 3.05) is 22.6 Å². The van der Waals surface area contributed by atoms with Crippen LogP contribution in [0, 0.1) is 0 Å². The van der Waals surface area contributed by atoms with Crippen molar-refractivity contribution in [2.24, 2.45) is 0 Å². The van der Waals surface area contributed by atoms with Crippen LogP contribution >= 0.6 is 0 Å². The molecule has 0 heterocycles. The van der Waals surface area contributed by atoms with E-state index in [4.69, 9.17) is 5.73 Å². The number of hydrogen-bond donors (Lipinski definition) is 2. The van der Waals surface area contributed by atoms with Gasteiger partial charge < -0.3 is 11.1 Å². The highest BCUT2D eigenvalue weighted by molar-refractivity contribution is 7.84. The molecule has 1 aromatic carbocycles. The van der Waals surface area contributed by atoms with Gasteiger partial charge in [-0.25, -0.2) is 0 Å². The molecule has 0 saturated heterocycles. The molecular formula is C13H17F3N2O2S. The van der Waals surface area contributed by atoms with Gasteiger partial charge in [0, 0.05) is 40.1 Å². The van der Waals surface area contributed by atoms with E-state index in [1.165, 1.54) is 6.07 Å². The maximum atomic E-state index is 12.7. The zero-order valence-electron chi connectivity index (χ0n) is 11.5. The smallest absolute Gasteiger partial charge is 0.398 e. The number of rotatable bonds is 6. The van der Waals surface area contributed by atoms with Crippen LogP contribution < -0.4 is 11.1 Å². The number of carbonyl (C=O) groups excluding carboxylic acids is 1. The molecule has 0 radical (unpaired) electrons. The molecule has 0 fully saturated rings. The number of benzene rings is 1. The van der Waals surface area contributed by atoms with Crippen molar-refractivity contribution in [1.82, 2.24) is 0 Å². The quantitative estimate of drug-likeness (QED) is 0.791. The van der Waals surface area contributed by atoms with E-state index < -0.39 is 34.1 Å². The molecule has 0 bridgehead atoms. The number of carbonyl (C=O) groups is 1. The lowest BCUT2D eigenvalue weighted by Crippen LogP contribution is -2.17. The summed E-state index contributed by atoms with van der Waals surface area (Å²) in [4.78, 5) is 11.6. The van der Waals surface area contributed by atoms with E-state index in [2.05, 4.69) is 5.32 Å². The highest BCUT2D eigenvalue weighted by Crippen LogP contribution is 2.35. The first-order valence-corrected chi connectivity index (χ1v) is 7.84. The van der Waals surface area contributed by atoms with Crippen molar-refractivity contribution in [3.05, 3.63) is 23.8 Å². The first kappa shape index (κ1) is 17.5. The minimum atomic E-state index is -4.58. The second-order valence-electron chi connectivity index (χ2n) is 4.45. The first-order chi connectivity index (χ1) is 9.74. The molecular weight excluding hydrogens is 305 g/mol. The predicted molar refractivity (Wildman–Crippen MR) is 77.3 cm³/mol. The van der Waals surface area contributed by atoms with Crippen LogP contribution in [-0.4, -0.2) is 21.6 Å². The highest BCUT2D eigenvalue weighted by Gasteiger charge is 2.33. The third kappa shape index (κ3) is 5.74. The summed E-state index contributed by atoms with van der Waals surface area (Å²) in [6.07, 6.45) is -3.83. The third-order valence-corrected chi connectivity index (χ3v) is 4.15. The fraction of sp³-hybridized carbons (Fsp3) is 0.462. The Bertz CT molecular complexity index is 533. The maximum Gasteiger partial charge on any atom is 0.418 e. The molecule has 0 aromatic heterocycles. The second kappa shape index (κ2) is 7.44. The van der Waals surface area contributed by atoms with Gasteiger partial charge in [0.2, 0.25) is 5.91 Å². The number of nitrogens with two attached hydrogens (primary N) is 1. The maximum absolute atomic E-state index is 12.7. The summed E-state index contributed by atoms with van der Waals surface area (Å²) in [6, 6.07) is 3.18. The normalized spacial score (nSPS) is 13.0. The molecule has 4 nitrogen and oxygen atoms in total. The van der Waals surface area contributed by atoms with Crippen LogP contribution in [-0.2, 0) is 21.8 Å². The largest absolute Gasteiger partial charge is 0.418 e. The summed E-state index contributed by atoms with van der Waals surface area (Å²) in [6.45, 7) is 1.88. The summed E-state index contributed by atoms with van der Waals surface area (Å²) in [5.74, 6) is 0.228. The Hall–Kier alpha value is -1.57.